The van der Waals surface area contributed by atoms with Crippen LogP contribution in [-0.4, -0.2) is 19.3 Å². The Labute approximate surface area is 102 Å². The molecule has 16 heavy (non-hydrogen) atoms. The molecular formula is C10H11BrFNO2S. The Morgan fingerprint density at radius 2 is 2.12 bits per heavy atom. The summed E-state index contributed by atoms with van der Waals surface area (Å²) in [7, 11) is -3.61. The van der Waals surface area contributed by atoms with E-state index in [0.29, 0.717) is 5.33 Å². The molecule has 1 aromatic carbocycles. The molecule has 0 atom stereocenters. The van der Waals surface area contributed by atoms with Crippen LogP contribution < -0.4 is 4.72 Å². The molecule has 0 aromatic heterocycles. The van der Waals surface area contributed by atoms with Crippen LogP contribution in [0.3, 0.4) is 0 Å². The van der Waals surface area contributed by atoms with Gasteiger partial charge in [-0.05, 0) is 31.0 Å². The molecule has 0 heterocycles. The van der Waals surface area contributed by atoms with Gasteiger partial charge in [0.15, 0.2) is 0 Å². The molecule has 2 rings (SSSR count). The third kappa shape index (κ3) is 2.44. The zero-order valence-corrected chi connectivity index (χ0v) is 10.8. The van der Waals surface area contributed by atoms with E-state index in [9.17, 15) is 12.8 Å². The molecule has 0 amide bonds. The second-order valence-electron chi connectivity index (χ2n) is 3.98. The van der Waals surface area contributed by atoms with Gasteiger partial charge in [-0.3, -0.25) is 0 Å². The lowest BCUT2D eigenvalue weighted by Gasteiger charge is -2.14. The Bertz CT molecular complexity index is 499. The van der Waals surface area contributed by atoms with E-state index in [1.807, 2.05) is 0 Å². The number of halogens is 2. The highest BCUT2D eigenvalue weighted by Crippen LogP contribution is 2.38. The zero-order valence-electron chi connectivity index (χ0n) is 8.41. The van der Waals surface area contributed by atoms with E-state index in [2.05, 4.69) is 20.7 Å². The van der Waals surface area contributed by atoms with Crippen LogP contribution in [0.2, 0.25) is 0 Å². The van der Waals surface area contributed by atoms with Crippen LogP contribution in [-0.2, 0) is 10.0 Å². The molecule has 0 aliphatic heterocycles. The molecule has 6 heteroatoms. The van der Waals surface area contributed by atoms with Gasteiger partial charge in [-0.25, -0.2) is 17.5 Å². The van der Waals surface area contributed by atoms with Crippen LogP contribution in [0.15, 0.2) is 29.2 Å². The third-order valence-corrected chi connectivity index (χ3v) is 5.22. The van der Waals surface area contributed by atoms with Gasteiger partial charge in [-0.2, -0.15) is 0 Å². The van der Waals surface area contributed by atoms with E-state index in [4.69, 9.17) is 0 Å². The largest absolute Gasteiger partial charge is 0.241 e. The average molecular weight is 308 g/mol. The second kappa shape index (κ2) is 4.09. The Balaban J connectivity index is 2.26. The monoisotopic (exact) mass is 307 g/mol. The fraction of sp³-hybridized carbons (Fsp3) is 0.400. The first-order valence-corrected chi connectivity index (χ1v) is 7.43. The van der Waals surface area contributed by atoms with Crippen LogP contribution in [0.1, 0.15) is 12.8 Å². The number of nitrogens with one attached hydrogen (secondary N) is 1. The fourth-order valence-corrected chi connectivity index (χ4v) is 3.77. The van der Waals surface area contributed by atoms with Gasteiger partial charge in [0, 0.05) is 10.9 Å². The van der Waals surface area contributed by atoms with Gasteiger partial charge in [0.1, 0.15) is 5.82 Å². The van der Waals surface area contributed by atoms with Crippen molar-refractivity contribution in [3.63, 3.8) is 0 Å². The molecule has 1 aliphatic rings. The van der Waals surface area contributed by atoms with E-state index in [-0.39, 0.29) is 10.4 Å². The fourth-order valence-electron chi connectivity index (χ4n) is 1.39. The highest BCUT2D eigenvalue weighted by Gasteiger charge is 2.45. The minimum Gasteiger partial charge on any atom is -0.207 e. The van der Waals surface area contributed by atoms with Crippen molar-refractivity contribution in [2.45, 2.75) is 23.3 Å². The number of benzene rings is 1. The summed E-state index contributed by atoms with van der Waals surface area (Å²) >= 11 is 3.27. The summed E-state index contributed by atoms with van der Waals surface area (Å²) in [6.45, 7) is 0. The predicted octanol–water partition coefficient (Wildman–Crippen LogP) is 2.03. The van der Waals surface area contributed by atoms with Gasteiger partial charge in [0.05, 0.1) is 4.90 Å². The molecule has 88 valence electrons. The highest BCUT2D eigenvalue weighted by atomic mass is 79.9. The van der Waals surface area contributed by atoms with Crippen molar-refractivity contribution in [2.24, 2.45) is 0 Å². The molecule has 1 saturated carbocycles. The molecule has 1 aromatic rings. The lowest BCUT2D eigenvalue weighted by Crippen LogP contribution is -2.38. The summed E-state index contributed by atoms with van der Waals surface area (Å²) in [6, 6.07) is 5.01. The maximum absolute atomic E-state index is 12.9. The van der Waals surface area contributed by atoms with Gasteiger partial charge < -0.3 is 0 Å². The highest BCUT2D eigenvalue weighted by molar-refractivity contribution is 9.09. The minimum absolute atomic E-state index is 0.0280. The maximum atomic E-state index is 12.9. The standard InChI is InChI=1S/C10H11BrFNO2S/c11-7-10(4-5-10)13-16(14,15)9-3-1-2-8(12)6-9/h1-3,6,13H,4-5,7H2. The SMILES string of the molecule is O=S(=O)(NC1(CBr)CC1)c1cccc(F)c1. The molecule has 0 radical (unpaired) electrons. The summed E-state index contributed by atoms with van der Waals surface area (Å²) in [4.78, 5) is -0.0280. The Hall–Kier alpha value is -0.460. The van der Waals surface area contributed by atoms with Crippen molar-refractivity contribution >= 4 is 26.0 Å². The molecule has 0 unspecified atom stereocenters. The van der Waals surface area contributed by atoms with Crippen molar-refractivity contribution in [3.05, 3.63) is 30.1 Å². The molecule has 1 fully saturated rings. The number of hydrogen-bond donors (Lipinski definition) is 1. The first-order valence-electron chi connectivity index (χ1n) is 4.83. The van der Waals surface area contributed by atoms with Crippen molar-refractivity contribution in [3.8, 4) is 0 Å². The first kappa shape index (κ1) is 12.0. The zero-order chi connectivity index (χ0) is 11.8. The molecule has 0 bridgehead atoms. The predicted molar refractivity (Wildman–Crippen MR) is 62.5 cm³/mol. The summed E-state index contributed by atoms with van der Waals surface area (Å²) in [5.41, 5.74) is -0.370. The van der Waals surface area contributed by atoms with Crippen LogP contribution in [0.25, 0.3) is 0 Å². The van der Waals surface area contributed by atoms with Gasteiger partial charge >= 0.3 is 0 Å². The third-order valence-electron chi connectivity index (χ3n) is 2.57. The van der Waals surface area contributed by atoms with E-state index in [0.717, 1.165) is 18.9 Å². The van der Waals surface area contributed by atoms with Gasteiger partial charge in [0.2, 0.25) is 10.0 Å². The topological polar surface area (TPSA) is 46.2 Å². The van der Waals surface area contributed by atoms with Gasteiger partial charge in [-0.1, -0.05) is 22.0 Å². The van der Waals surface area contributed by atoms with Crippen molar-refractivity contribution in [1.82, 2.24) is 4.72 Å². The molecule has 0 spiro atoms. The first-order chi connectivity index (χ1) is 7.47. The minimum atomic E-state index is -3.61. The quantitative estimate of drug-likeness (QED) is 0.865. The summed E-state index contributed by atoms with van der Waals surface area (Å²) < 4.78 is 39.3. The Kier molecular flexibility index (Phi) is 3.07. The molecular weight excluding hydrogens is 297 g/mol. The van der Waals surface area contributed by atoms with E-state index in [1.165, 1.54) is 18.2 Å². The maximum Gasteiger partial charge on any atom is 0.241 e. The number of rotatable bonds is 4. The van der Waals surface area contributed by atoms with Crippen LogP contribution in [0.5, 0.6) is 0 Å². The van der Waals surface area contributed by atoms with Crippen molar-refractivity contribution < 1.29 is 12.8 Å². The van der Waals surface area contributed by atoms with Crippen LogP contribution in [0, 0.1) is 5.82 Å². The second-order valence-corrected chi connectivity index (χ2v) is 6.22. The number of hydrogen-bond acceptors (Lipinski definition) is 2. The normalized spacial score (nSPS) is 18.4. The molecule has 1 N–H and O–H groups in total. The van der Waals surface area contributed by atoms with Gasteiger partial charge in [0.25, 0.3) is 0 Å². The molecule has 1 aliphatic carbocycles. The van der Waals surface area contributed by atoms with E-state index >= 15 is 0 Å². The Morgan fingerprint density at radius 1 is 1.44 bits per heavy atom. The molecule has 0 saturated heterocycles. The number of alkyl halides is 1. The van der Waals surface area contributed by atoms with E-state index in [1.54, 1.807) is 0 Å². The van der Waals surface area contributed by atoms with Crippen molar-refractivity contribution in [1.29, 1.82) is 0 Å². The lowest BCUT2D eigenvalue weighted by molar-refractivity contribution is 0.558. The number of sulfonamides is 1. The van der Waals surface area contributed by atoms with Crippen LogP contribution >= 0.6 is 15.9 Å². The smallest absolute Gasteiger partial charge is 0.207 e. The average Bonchev–Trinajstić information content (AvgIpc) is 2.98. The lowest BCUT2D eigenvalue weighted by atomic mass is 10.3. The summed E-state index contributed by atoms with van der Waals surface area (Å²) in [6.07, 6.45) is 1.62. The molecule has 3 nitrogen and oxygen atoms in total. The van der Waals surface area contributed by atoms with Gasteiger partial charge in [-0.15, -0.1) is 0 Å². The summed E-state index contributed by atoms with van der Waals surface area (Å²) in [5, 5.41) is 0.578. The summed E-state index contributed by atoms with van der Waals surface area (Å²) in [5.74, 6) is -0.549. The van der Waals surface area contributed by atoms with Crippen LogP contribution in [0.4, 0.5) is 4.39 Å². The van der Waals surface area contributed by atoms with Crippen molar-refractivity contribution in [2.75, 3.05) is 5.33 Å². The van der Waals surface area contributed by atoms with E-state index < -0.39 is 15.8 Å². The Morgan fingerprint density at radius 3 is 2.62 bits per heavy atom.